The second kappa shape index (κ2) is 7.79. The number of carbonyl (C=O) groups is 3. The molecule has 146 valence electrons. The van der Waals surface area contributed by atoms with Crippen LogP contribution in [0.4, 0.5) is 5.69 Å². The summed E-state index contributed by atoms with van der Waals surface area (Å²) in [7, 11) is 0. The monoisotopic (exact) mass is 445 g/mol. The van der Waals surface area contributed by atoms with Crippen molar-refractivity contribution in [2.75, 3.05) is 37.6 Å². The van der Waals surface area contributed by atoms with Gasteiger partial charge in [0, 0.05) is 49.3 Å². The third-order valence-corrected chi connectivity index (χ3v) is 5.70. The Labute approximate surface area is 171 Å². The van der Waals surface area contributed by atoms with E-state index in [-0.39, 0.29) is 30.1 Å². The number of halogens is 1. The summed E-state index contributed by atoms with van der Waals surface area (Å²) in [6, 6.07) is 10.8. The molecule has 3 amide bonds. The van der Waals surface area contributed by atoms with Gasteiger partial charge in [0.1, 0.15) is 0 Å². The molecule has 8 heteroatoms. The lowest BCUT2D eigenvalue weighted by Gasteiger charge is -2.35. The predicted molar refractivity (Wildman–Crippen MR) is 106 cm³/mol. The van der Waals surface area contributed by atoms with E-state index in [4.69, 9.17) is 4.42 Å². The first kappa shape index (κ1) is 18.7. The molecule has 2 saturated heterocycles. The van der Waals surface area contributed by atoms with E-state index in [0.717, 1.165) is 10.2 Å². The predicted octanol–water partition coefficient (Wildman–Crippen LogP) is 2.38. The van der Waals surface area contributed by atoms with Gasteiger partial charge in [-0.05, 0) is 30.3 Å². The van der Waals surface area contributed by atoms with Crippen molar-refractivity contribution >= 4 is 39.3 Å². The number of piperazine rings is 1. The molecule has 1 atom stereocenters. The van der Waals surface area contributed by atoms with Gasteiger partial charge in [0.2, 0.25) is 11.8 Å². The van der Waals surface area contributed by atoms with Gasteiger partial charge in [0.05, 0.1) is 12.2 Å². The highest BCUT2D eigenvalue weighted by atomic mass is 79.9. The van der Waals surface area contributed by atoms with Crippen molar-refractivity contribution in [3.05, 3.63) is 52.9 Å². The Morgan fingerprint density at radius 1 is 1.04 bits per heavy atom. The summed E-state index contributed by atoms with van der Waals surface area (Å²) < 4.78 is 6.05. The molecule has 2 aliphatic rings. The topological polar surface area (TPSA) is 74.1 Å². The molecule has 1 aromatic heterocycles. The first-order valence-electron chi connectivity index (χ1n) is 9.20. The van der Waals surface area contributed by atoms with Crippen LogP contribution in [0.25, 0.3) is 0 Å². The molecule has 1 aromatic carbocycles. The van der Waals surface area contributed by atoms with E-state index in [1.54, 1.807) is 26.8 Å². The summed E-state index contributed by atoms with van der Waals surface area (Å²) in [4.78, 5) is 42.8. The first-order chi connectivity index (χ1) is 13.5. The van der Waals surface area contributed by atoms with Crippen LogP contribution < -0.4 is 4.90 Å². The van der Waals surface area contributed by atoms with Gasteiger partial charge in [-0.3, -0.25) is 14.4 Å². The van der Waals surface area contributed by atoms with Crippen molar-refractivity contribution in [3.8, 4) is 0 Å². The summed E-state index contributed by atoms with van der Waals surface area (Å²) in [5, 5.41) is 0. The average Bonchev–Trinajstić information content (AvgIpc) is 3.37. The Hall–Kier alpha value is -2.61. The van der Waals surface area contributed by atoms with Crippen LogP contribution in [0.15, 0.2) is 51.6 Å². The maximum absolute atomic E-state index is 12.9. The Bertz CT molecular complexity index is 891. The minimum Gasteiger partial charge on any atom is -0.459 e. The van der Waals surface area contributed by atoms with Crippen LogP contribution in [0, 0.1) is 5.92 Å². The fourth-order valence-corrected chi connectivity index (χ4v) is 4.10. The smallest absolute Gasteiger partial charge is 0.289 e. The van der Waals surface area contributed by atoms with Crippen molar-refractivity contribution in [1.82, 2.24) is 9.80 Å². The molecular weight excluding hydrogens is 426 g/mol. The lowest BCUT2D eigenvalue weighted by atomic mass is 10.1. The highest BCUT2D eigenvalue weighted by molar-refractivity contribution is 9.10. The molecular formula is C20H20BrN3O4. The molecule has 2 fully saturated rings. The Morgan fingerprint density at radius 3 is 2.46 bits per heavy atom. The van der Waals surface area contributed by atoms with Crippen molar-refractivity contribution < 1.29 is 18.8 Å². The minimum absolute atomic E-state index is 0.0176. The third-order valence-electron chi connectivity index (χ3n) is 5.20. The fraction of sp³-hybridized carbons (Fsp3) is 0.350. The highest BCUT2D eigenvalue weighted by Crippen LogP contribution is 2.28. The molecule has 2 aliphatic heterocycles. The second-order valence-corrected chi connectivity index (χ2v) is 7.90. The number of nitrogens with zero attached hydrogens (tertiary/aromatic N) is 3. The summed E-state index contributed by atoms with van der Waals surface area (Å²) in [5.74, 6) is -0.252. The maximum atomic E-state index is 12.9. The summed E-state index contributed by atoms with van der Waals surface area (Å²) >= 11 is 3.42. The van der Waals surface area contributed by atoms with Crippen LogP contribution in [0.2, 0.25) is 0 Å². The van der Waals surface area contributed by atoms with E-state index >= 15 is 0 Å². The number of furan rings is 1. The number of carbonyl (C=O) groups excluding carboxylic acids is 3. The number of benzene rings is 1. The molecule has 7 nitrogen and oxygen atoms in total. The first-order valence-corrected chi connectivity index (χ1v) is 10.00. The largest absolute Gasteiger partial charge is 0.459 e. The Balaban J connectivity index is 1.35. The van der Waals surface area contributed by atoms with Crippen LogP contribution >= 0.6 is 15.9 Å². The molecule has 1 unspecified atom stereocenters. The van der Waals surface area contributed by atoms with Gasteiger partial charge in [0.15, 0.2) is 5.76 Å². The van der Waals surface area contributed by atoms with Crippen LogP contribution in [0.1, 0.15) is 17.0 Å². The molecule has 28 heavy (non-hydrogen) atoms. The standard InChI is InChI=1S/C20H20BrN3O4/c21-15-3-1-4-16(12-15)24-13-14(11-18(24)25)19(26)22-6-8-23(9-7-22)20(27)17-5-2-10-28-17/h1-5,10,12,14H,6-9,11,13H2. The van der Waals surface area contributed by atoms with Gasteiger partial charge < -0.3 is 19.1 Å². The molecule has 0 saturated carbocycles. The van der Waals surface area contributed by atoms with Gasteiger partial charge >= 0.3 is 0 Å². The summed E-state index contributed by atoms with van der Waals surface area (Å²) in [6.07, 6.45) is 1.69. The highest BCUT2D eigenvalue weighted by Gasteiger charge is 2.38. The van der Waals surface area contributed by atoms with Gasteiger partial charge in [0.25, 0.3) is 5.91 Å². The molecule has 0 bridgehead atoms. The normalized spacial score (nSPS) is 20.0. The van der Waals surface area contributed by atoms with E-state index in [0.29, 0.717) is 38.5 Å². The van der Waals surface area contributed by atoms with Gasteiger partial charge in [-0.2, -0.15) is 0 Å². The van der Waals surface area contributed by atoms with E-state index in [2.05, 4.69) is 15.9 Å². The van der Waals surface area contributed by atoms with E-state index in [9.17, 15) is 14.4 Å². The van der Waals surface area contributed by atoms with E-state index in [1.165, 1.54) is 6.26 Å². The average molecular weight is 446 g/mol. The van der Waals surface area contributed by atoms with Crippen LogP contribution in [-0.4, -0.2) is 60.2 Å². The lowest BCUT2D eigenvalue weighted by molar-refractivity contribution is -0.137. The zero-order valence-electron chi connectivity index (χ0n) is 15.2. The van der Waals surface area contributed by atoms with Crippen LogP contribution in [-0.2, 0) is 9.59 Å². The van der Waals surface area contributed by atoms with Crippen molar-refractivity contribution in [2.24, 2.45) is 5.92 Å². The fourth-order valence-electron chi connectivity index (χ4n) is 3.71. The molecule has 3 heterocycles. The molecule has 0 radical (unpaired) electrons. The molecule has 4 rings (SSSR count). The van der Waals surface area contributed by atoms with Crippen molar-refractivity contribution in [3.63, 3.8) is 0 Å². The molecule has 0 spiro atoms. The number of hydrogen-bond acceptors (Lipinski definition) is 4. The van der Waals surface area contributed by atoms with Crippen LogP contribution in [0.5, 0.6) is 0 Å². The molecule has 2 aromatic rings. The van der Waals surface area contributed by atoms with Gasteiger partial charge in [-0.15, -0.1) is 0 Å². The van der Waals surface area contributed by atoms with Crippen molar-refractivity contribution in [1.29, 1.82) is 0 Å². The number of hydrogen-bond donors (Lipinski definition) is 0. The van der Waals surface area contributed by atoms with Crippen LogP contribution in [0.3, 0.4) is 0 Å². The van der Waals surface area contributed by atoms with E-state index in [1.807, 2.05) is 24.3 Å². The Kier molecular flexibility index (Phi) is 5.21. The van der Waals surface area contributed by atoms with Crippen molar-refractivity contribution in [2.45, 2.75) is 6.42 Å². The molecule has 0 N–H and O–H groups in total. The van der Waals surface area contributed by atoms with E-state index < -0.39 is 0 Å². The number of amides is 3. The number of rotatable bonds is 3. The van der Waals surface area contributed by atoms with Gasteiger partial charge in [-0.25, -0.2) is 0 Å². The summed E-state index contributed by atoms with van der Waals surface area (Å²) in [5.41, 5.74) is 0.795. The zero-order chi connectivity index (χ0) is 19.7. The maximum Gasteiger partial charge on any atom is 0.289 e. The second-order valence-electron chi connectivity index (χ2n) is 6.98. The quantitative estimate of drug-likeness (QED) is 0.726. The number of anilines is 1. The zero-order valence-corrected chi connectivity index (χ0v) is 16.8. The summed E-state index contributed by atoms with van der Waals surface area (Å²) in [6.45, 7) is 2.24. The lowest BCUT2D eigenvalue weighted by Crippen LogP contribution is -2.52. The van der Waals surface area contributed by atoms with Gasteiger partial charge in [-0.1, -0.05) is 22.0 Å². The SMILES string of the molecule is O=C(c1ccco1)N1CCN(C(=O)C2CC(=O)N(c3cccc(Br)c3)C2)CC1. The Morgan fingerprint density at radius 2 is 1.79 bits per heavy atom. The minimum atomic E-state index is -0.348. The molecule has 0 aliphatic carbocycles. The third kappa shape index (κ3) is 3.69.